The van der Waals surface area contributed by atoms with Crippen molar-refractivity contribution in [1.82, 2.24) is 20.3 Å². The van der Waals surface area contributed by atoms with Gasteiger partial charge >= 0.3 is 0 Å². The summed E-state index contributed by atoms with van der Waals surface area (Å²) in [6, 6.07) is 20.1. The van der Waals surface area contributed by atoms with Gasteiger partial charge in [0.1, 0.15) is 6.04 Å². The summed E-state index contributed by atoms with van der Waals surface area (Å²) in [6.07, 6.45) is 1.71. The molecule has 25 heavy (non-hydrogen) atoms. The fraction of sp³-hybridized carbons (Fsp3) is 0.250. The van der Waals surface area contributed by atoms with Gasteiger partial charge in [-0.2, -0.15) is 0 Å². The van der Waals surface area contributed by atoms with Crippen LogP contribution < -0.4 is 5.32 Å². The van der Waals surface area contributed by atoms with E-state index in [0.29, 0.717) is 18.2 Å². The molecule has 0 aliphatic heterocycles. The maximum absolute atomic E-state index is 12.2. The molecule has 0 bridgehead atoms. The number of carbonyl (C=O) groups is 1. The zero-order valence-electron chi connectivity index (χ0n) is 14.5. The highest BCUT2D eigenvalue weighted by Gasteiger charge is 2.19. The number of rotatable bonds is 6. The summed E-state index contributed by atoms with van der Waals surface area (Å²) in [7, 11) is 0. The number of carbonyl (C=O) groups excluding carboxylic acids is 1. The van der Waals surface area contributed by atoms with E-state index < -0.39 is 0 Å². The lowest BCUT2D eigenvalue weighted by molar-refractivity contribution is 0.0944. The van der Waals surface area contributed by atoms with Gasteiger partial charge in [0.2, 0.25) is 0 Å². The Morgan fingerprint density at radius 2 is 1.56 bits per heavy atom. The Bertz CT molecular complexity index is 772. The van der Waals surface area contributed by atoms with Crippen molar-refractivity contribution < 1.29 is 4.79 Å². The Morgan fingerprint density at radius 3 is 2.08 bits per heavy atom. The Morgan fingerprint density at radius 1 is 1.00 bits per heavy atom. The van der Waals surface area contributed by atoms with Crippen LogP contribution in [0.4, 0.5) is 0 Å². The van der Waals surface area contributed by atoms with Gasteiger partial charge in [-0.3, -0.25) is 4.79 Å². The van der Waals surface area contributed by atoms with E-state index in [1.807, 2.05) is 36.4 Å². The van der Waals surface area contributed by atoms with Crippen LogP contribution in [0.15, 0.2) is 66.9 Å². The zero-order chi connectivity index (χ0) is 17.6. The molecule has 5 nitrogen and oxygen atoms in total. The lowest BCUT2D eigenvalue weighted by Crippen LogP contribution is -2.27. The number of aromatic nitrogens is 3. The van der Waals surface area contributed by atoms with Crippen LogP contribution in [0.5, 0.6) is 0 Å². The van der Waals surface area contributed by atoms with Crippen molar-refractivity contribution in [3.05, 3.63) is 83.7 Å². The normalized spacial score (nSPS) is 11.0. The van der Waals surface area contributed by atoms with Crippen molar-refractivity contribution in [2.45, 2.75) is 19.9 Å². The summed E-state index contributed by atoms with van der Waals surface area (Å²) in [5, 5.41) is 11.2. The topological polar surface area (TPSA) is 59.8 Å². The predicted octanol–water partition coefficient (Wildman–Crippen LogP) is 3.30. The highest BCUT2D eigenvalue weighted by atomic mass is 16.2. The zero-order valence-corrected chi connectivity index (χ0v) is 14.5. The van der Waals surface area contributed by atoms with Gasteiger partial charge in [0, 0.05) is 6.54 Å². The molecular weight excluding hydrogens is 312 g/mol. The molecule has 2 aromatic carbocycles. The minimum absolute atomic E-state index is 0.124. The Hall–Kier alpha value is -2.95. The molecule has 0 aliphatic rings. The average molecular weight is 334 g/mol. The highest BCUT2D eigenvalue weighted by molar-refractivity contribution is 5.91. The second-order valence-corrected chi connectivity index (χ2v) is 6.41. The van der Waals surface area contributed by atoms with Gasteiger partial charge in [-0.1, -0.05) is 79.7 Å². The fourth-order valence-corrected chi connectivity index (χ4v) is 2.66. The molecule has 0 fully saturated rings. The molecule has 5 heteroatoms. The van der Waals surface area contributed by atoms with Crippen molar-refractivity contribution in [2.75, 3.05) is 6.54 Å². The van der Waals surface area contributed by atoms with Crippen LogP contribution in [0.3, 0.4) is 0 Å². The summed E-state index contributed by atoms with van der Waals surface area (Å²) in [5.41, 5.74) is 2.51. The van der Waals surface area contributed by atoms with Gasteiger partial charge < -0.3 is 5.32 Å². The predicted molar refractivity (Wildman–Crippen MR) is 97.3 cm³/mol. The van der Waals surface area contributed by atoms with Crippen LogP contribution in [-0.4, -0.2) is 27.4 Å². The van der Waals surface area contributed by atoms with Crippen molar-refractivity contribution in [1.29, 1.82) is 0 Å². The van der Waals surface area contributed by atoms with E-state index in [9.17, 15) is 4.79 Å². The van der Waals surface area contributed by atoms with Crippen LogP contribution >= 0.6 is 0 Å². The third-order valence-corrected chi connectivity index (χ3v) is 3.91. The Labute approximate surface area is 147 Å². The molecule has 0 saturated carbocycles. The fourth-order valence-electron chi connectivity index (χ4n) is 2.66. The standard InChI is InChI=1S/C20H22N4O/c1-15(2)13-21-20(25)18-14-24(23-22-18)19(16-9-5-3-6-10-16)17-11-7-4-8-12-17/h3-12,14-15,19H,13H2,1-2H3,(H,21,25). The number of hydrogen-bond donors (Lipinski definition) is 1. The summed E-state index contributed by atoms with van der Waals surface area (Å²) < 4.78 is 1.74. The van der Waals surface area contributed by atoms with Crippen LogP contribution in [0.1, 0.15) is 41.5 Å². The largest absolute Gasteiger partial charge is 0.350 e. The molecule has 0 saturated heterocycles. The molecule has 128 valence electrons. The highest BCUT2D eigenvalue weighted by Crippen LogP contribution is 2.25. The first-order valence-electron chi connectivity index (χ1n) is 8.45. The van der Waals surface area contributed by atoms with Crippen molar-refractivity contribution in [3.8, 4) is 0 Å². The summed E-state index contributed by atoms with van der Waals surface area (Å²) in [6.45, 7) is 4.72. The minimum Gasteiger partial charge on any atom is -0.350 e. The first kappa shape index (κ1) is 16.9. The maximum Gasteiger partial charge on any atom is 0.273 e. The first-order chi connectivity index (χ1) is 12.1. The average Bonchev–Trinajstić information content (AvgIpc) is 3.11. The molecule has 1 heterocycles. The van der Waals surface area contributed by atoms with E-state index in [4.69, 9.17) is 0 Å². The van der Waals surface area contributed by atoms with Crippen LogP contribution in [0.2, 0.25) is 0 Å². The van der Waals surface area contributed by atoms with Crippen LogP contribution in [0, 0.1) is 5.92 Å². The summed E-state index contributed by atoms with van der Waals surface area (Å²) >= 11 is 0. The first-order valence-corrected chi connectivity index (χ1v) is 8.45. The minimum atomic E-state index is -0.195. The Kier molecular flexibility index (Phi) is 5.23. The van der Waals surface area contributed by atoms with Gasteiger partial charge in [0.05, 0.1) is 6.20 Å². The van der Waals surface area contributed by atoms with Gasteiger partial charge in [-0.05, 0) is 17.0 Å². The molecule has 0 radical (unpaired) electrons. The van der Waals surface area contributed by atoms with E-state index in [1.165, 1.54) is 0 Å². The van der Waals surface area contributed by atoms with Gasteiger partial charge in [-0.25, -0.2) is 4.68 Å². The molecule has 0 spiro atoms. The second kappa shape index (κ2) is 7.75. The third-order valence-electron chi connectivity index (χ3n) is 3.91. The van der Waals surface area contributed by atoms with E-state index >= 15 is 0 Å². The Balaban J connectivity index is 1.91. The summed E-state index contributed by atoms with van der Waals surface area (Å²) in [4.78, 5) is 12.2. The number of amides is 1. The maximum atomic E-state index is 12.2. The molecule has 0 atom stereocenters. The molecule has 0 unspecified atom stereocenters. The lowest BCUT2D eigenvalue weighted by atomic mass is 9.99. The summed E-state index contributed by atoms with van der Waals surface area (Å²) in [5.74, 6) is 0.195. The van der Waals surface area contributed by atoms with Crippen LogP contribution in [0.25, 0.3) is 0 Å². The van der Waals surface area contributed by atoms with Gasteiger partial charge in [0.25, 0.3) is 5.91 Å². The third kappa shape index (κ3) is 4.12. The smallest absolute Gasteiger partial charge is 0.273 e. The van der Waals surface area contributed by atoms with Crippen molar-refractivity contribution in [2.24, 2.45) is 5.92 Å². The van der Waals surface area contributed by atoms with E-state index in [-0.39, 0.29) is 11.9 Å². The van der Waals surface area contributed by atoms with Crippen molar-refractivity contribution in [3.63, 3.8) is 0 Å². The lowest BCUT2D eigenvalue weighted by Gasteiger charge is -2.17. The molecular formula is C20H22N4O. The molecule has 3 rings (SSSR count). The van der Waals surface area contributed by atoms with Crippen molar-refractivity contribution >= 4 is 5.91 Å². The quantitative estimate of drug-likeness (QED) is 0.752. The van der Waals surface area contributed by atoms with Crippen LogP contribution in [-0.2, 0) is 0 Å². The molecule has 1 aromatic heterocycles. The monoisotopic (exact) mass is 334 g/mol. The second-order valence-electron chi connectivity index (χ2n) is 6.41. The number of nitrogens with zero attached hydrogens (tertiary/aromatic N) is 3. The van der Waals surface area contributed by atoms with E-state index in [2.05, 4.69) is 53.7 Å². The number of nitrogens with one attached hydrogen (secondary N) is 1. The van der Waals surface area contributed by atoms with Gasteiger partial charge in [0.15, 0.2) is 5.69 Å². The van der Waals surface area contributed by atoms with Gasteiger partial charge in [-0.15, -0.1) is 5.10 Å². The molecule has 0 aliphatic carbocycles. The molecule has 3 aromatic rings. The molecule has 1 N–H and O–H groups in total. The molecule has 1 amide bonds. The van der Waals surface area contributed by atoms with E-state index in [0.717, 1.165) is 11.1 Å². The van der Waals surface area contributed by atoms with E-state index in [1.54, 1.807) is 10.9 Å². The number of hydrogen-bond acceptors (Lipinski definition) is 3. The number of benzene rings is 2. The SMILES string of the molecule is CC(C)CNC(=O)c1cn(C(c2ccccc2)c2ccccc2)nn1.